The molecule has 0 amide bonds. The first-order valence-corrected chi connectivity index (χ1v) is 6.30. The first-order chi connectivity index (χ1) is 9.74. The van der Waals surface area contributed by atoms with Crippen LogP contribution in [0.2, 0.25) is 0 Å². The third-order valence-corrected chi connectivity index (χ3v) is 3.06. The van der Waals surface area contributed by atoms with Gasteiger partial charge in [0.1, 0.15) is 5.65 Å². The highest BCUT2D eigenvalue weighted by Gasteiger charge is 2.05. The van der Waals surface area contributed by atoms with E-state index in [9.17, 15) is 4.79 Å². The number of H-pyrrole nitrogens is 1. The summed E-state index contributed by atoms with van der Waals surface area (Å²) in [6, 6.07) is 5.94. The van der Waals surface area contributed by atoms with Crippen molar-refractivity contribution >= 4 is 22.9 Å². The van der Waals surface area contributed by atoms with E-state index in [-0.39, 0.29) is 5.78 Å². The maximum absolute atomic E-state index is 11.0. The molecule has 0 saturated heterocycles. The SMILES string of the molecule is CC(=O)/C=C/c1c[nH]c2ncc(-c3cccnc3)cc12. The number of fused-ring (bicyclic) bond motifs is 1. The maximum Gasteiger partial charge on any atom is 0.152 e. The molecule has 0 radical (unpaired) electrons. The number of rotatable bonds is 3. The van der Waals surface area contributed by atoms with E-state index in [1.165, 1.54) is 6.92 Å². The molecule has 0 unspecified atom stereocenters. The van der Waals surface area contributed by atoms with Gasteiger partial charge in [-0.15, -0.1) is 0 Å². The number of aromatic nitrogens is 3. The smallest absolute Gasteiger partial charge is 0.152 e. The number of carbonyl (C=O) groups excluding carboxylic acids is 1. The number of aromatic amines is 1. The van der Waals surface area contributed by atoms with Crippen molar-refractivity contribution in [1.82, 2.24) is 15.0 Å². The fraction of sp³-hybridized carbons (Fsp3) is 0.0625. The second-order valence-corrected chi connectivity index (χ2v) is 4.55. The van der Waals surface area contributed by atoms with E-state index in [0.717, 1.165) is 27.7 Å². The van der Waals surface area contributed by atoms with E-state index in [1.54, 1.807) is 24.5 Å². The average molecular weight is 263 g/mol. The van der Waals surface area contributed by atoms with Gasteiger partial charge in [0, 0.05) is 46.9 Å². The van der Waals surface area contributed by atoms with E-state index < -0.39 is 0 Å². The molecular weight excluding hydrogens is 250 g/mol. The molecule has 1 N–H and O–H groups in total. The Bertz CT molecular complexity index is 788. The molecule has 0 atom stereocenters. The lowest BCUT2D eigenvalue weighted by molar-refractivity contribution is -0.112. The summed E-state index contributed by atoms with van der Waals surface area (Å²) in [5.74, 6) is 0.0238. The van der Waals surface area contributed by atoms with Crippen molar-refractivity contribution in [3.8, 4) is 11.1 Å². The molecule has 0 saturated carbocycles. The Morgan fingerprint density at radius 1 is 1.30 bits per heavy atom. The van der Waals surface area contributed by atoms with Gasteiger partial charge in [-0.25, -0.2) is 4.98 Å². The number of nitrogens with zero attached hydrogens (tertiary/aromatic N) is 2. The minimum atomic E-state index is 0.0238. The normalized spacial score (nSPS) is 11.2. The van der Waals surface area contributed by atoms with Crippen LogP contribution >= 0.6 is 0 Å². The molecule has 0 aliphatic rings. The number of hydrogen-bond donors (Lipinski definition) is 1. The highest BCUT2D eigenvalue weighted by molar-refractivity contribution is 5.96. The molecular formula is C16H13N3O. The summed E-state index contributed by atoms with van der Waals surface area (Å²) in [5, 5.41) is 0.990. The molecule has 0 spiro atoms. The van der Waals surface area contributed by atoms with Gasteiger partial charge in [-0.3, -0.25) is 9.78 Å². The minimum Gasteiger partial charge on any atom is -0.346 e. The van der Waals surface area contributed by atoms with E-state index in [4.69, 9.17) is 0 Å². The summed E-state index contributed by atoms with van der Waals surface area (Å²) in [6.45, 7) is 1.53. The number of ketones is 1. The van der Waals surface area contributed by atoms with Crippen LogP contribution in [0.5, 0.6) is 0 Å². The molecule has 0 bridgehead atoms. The lowest BCUT2D eigenvalue weighted by Gasteiger charge is -2.00. The molecule has 98 valence electrons. The van der Waals surface area contributed by atoms with Crippen molar-refractivity contribution in [2.45, 2.75) is 6.92 Å². The summed E-state index contributed by atoms with van der Waals surface area (Å²) in [5.41, 5.74) is 3.78. The highest BCUT2D eigenvalue weighted by Crippen LogP contribution is 2.24. The molecule has 20 heavy (non-hydrogen) atoms. The van der Waals surface area contributed by atoms with Crippen LogP contribution in [-0.4, -0.2) is 20.7 Å². The van der Waals surface area contributed by atoms with Gasteiger partial charge in [-0.1, -0.05) is 6.07 Å². The van der Waals surface area contributed by atoms with E-state index in [2.05, 4.69) is 21.0 Å². The molecule has 3 aromatic rings. The fourth-order valence-electron chi connectivity index (χ4n) is 2.06. The van der Waals surface area contributed by atoms with Crippen molar-refractivity contribution in [3.63, 3.8) is 0 Å². The second kappa shape index (κ2) is 5.09. The number of allylic oxidation sites excluding steroid dienone is 1. The number of carbonyl (C=O) groups is 1. The van der Waals surface area contributed by atoms with Crippen molar-refractivity contribution in [1.29, 1.82) is 0 Å². The van der Waals surface area contributed by atoms with Crippen LogP contribution in [0.15, 0.2) is 49.1 Å². The summed E-state index contributed by atoms with van der Waals surface area (Å²) >= 11 is 0. The van der Waals surface area contributed by atoms with E-state index >= 15 is 0 Å². The Labute approximate surface area is 116 Å². The highest BCUT2D eigenvalue weighted by atomic mass is 16.1. The van der Waals surface area contributed by atoms with Gasteiger partial charge in [-0.2, -0.15) is 0 Å². The topological polar surface area (TPSA) is 58.6 Å². The zero-order chi connectivity index (χ0) is 13.9. The van der Waals surface area contributed by atoms with E-state index in [0.29, 0.717) is 0 Å². The molecule has 0 fully saturated rings. The van der Waals surface area contributed by atoms with Crippen LogP contribution in [0.1, 0.15) is 12.5 Å². The number of hydrogen-bond acceptors (Lipinski definition) is 3. The third kappa shape index (κ3) is 2.36. The molecule has 4 nitrogen and oxygen atoms in total. The Kier molecular flexibility index (Phi) is 3.13. The lowest BCUT2D eigenvalue weighted by Crippen LogP contribution is -1.83. The zero-order valence-corrected chi connectivity index (χ0v) is 11.0. The van der Waals surface area contributed by atoms with Crippen molar-refractivity contribution in [2.24, 2.45) is 0 Å². The number of pyridine rings is 2. The van der Waals surface area contributed by atoms with Crippen LogP contribution in [0.3, 0.4) is 0 Å². The molecule has 4 heteroatoms. The molecule has 0 aromatic carbocycles. The maximum atomic E-state index is 11.0. The van der Waals surface area contributed by atoms with Gasteiger partial charge in [0.25, 0.3) is 0 Å². The quantitative estimate of drug-likeness (QED) is 0.738. The van der Waals surface area contributed by atoms with Gasteiger partial charge in [0.05, 0.1) is 0 Å². The van der Waals surface area contributed by atoms with Gasteiger partial charge in [0.15, 0.2) is 5.78 Å². The molecule has 3 heterocycles. The van der Waals surface area contributed by atoms with Gasteiger partial charge in [0.2, 0.25) is 0 Å². The molecule has 3 aromatic heterocycles. The summed E-state index contributed by atoms with van der Waals surface area (Å²) in [6.07, 6.45) is 10.6. The van der Waals surface area contributed by atoms with Crippen LogP contribution in [0.25, 0.3) is 28.2 Å². The van der Waals surface area contributed by atoms with Gasteiger partial charge >= 0.3 is 0 Å². The first-order valence-electron chi connectivity index (χ1n) is 6.30. The average Bonchev–Trinajstić information content (AvgIpc) is 2.88. The van der Waals surface area contributed by atoms with Crippen molar-refractivity contribution in [3.05, 3.63) is 54.6 Å². The second-order valence-electron chi connectivity index (χ2n) is 4.55. The predicted molar refractivity (Wildman–Crippen MR) is 79.0 cm³/mol. The monoisotopic (exact) mass is 263 g/mol. The third-order valence-electron chi connectivity index (χ3n) is 3.06. The minimum absolute atomic E-state index is 0.0238. The Morgan fingerprint density at radius 3 is 2.95 bits per heavy atom. The molecule has 0 aliphatic carbocycles. The van der Waals surface area contributed by atoms with Crippen molar-refractivity contribution in [2.75, 3.05) is 0 Å². The Morgan fingerprint density at radius 2 is 2.20 bits per heavy atom. The standard InChI is InChI=1S/C16H13N3O/c1-11(20)4-5-13-9-18-16-15(13)7-14(10-19-16)12-3-2-6-17-8-12/h2-10H,1H3,(H,18,19)/b5-4+. The van der Waals surface area contributed by atoms with Crippen LogP contribution in [0.4, 0.5) is 0 Å². The van der Waals surface area contributed by atoms with Crippen LogP contribution in [0, 0.1) is 0 Å². The van der Waals surface area contributed by atoms with Crippen LogP contribution in [-0.2, 0) is 4.79 Å². The largest absolute Gasteiger partial charge is 0.346 e. The zero-order valence-electron chi connectivity index (χ0n) is 11.0. The number of nitrogens with one attached hydrogen (secondary N) is 1. The summed E-state index contributed by atoms with van der Waals surface area (Å²) in [7, 11) is 0. The molecule has 3 rings (SSSR count). The van der Waals surface area contributed by atoms with Crippen LogP contribution < -0.4 is 0 Å². The van der Waals surface area contributed by atoms with Crippen molar-refractivity contribution < 1.29 is 4.79 Å². The lowest BCUT2D eigenvalue weighted by atomic mass is 10.1. The summed E-state index contributed by atoms with van der Waals surface area (Å²) < 4.78 is 0. The molecule has 0 aliphatic heterocycles. The predicted octanol–water partition coefficient (Wildman–Crippen LogP) is 3.23. The Hall–Kier alpha value is -2.75. The first kappa shape index (κ1) is 12.3. The summed E-state index contributed by atoms with van der Waals surface area (Å²) in [4.78, 5) is 22.7. The Balaban J connectivity index is 2.10. The van der Waals surface area contributed by atoms with Gasteiger partial charge in [-0.05, 0) is 31.2 Å². The fourth-order valence-corrected chi connectivity index (χ4v) is 2.06. The van der Waals surface area contributed by atoms with Gasteiger partial charge < -0.3 is 4.98 Å². The van der Waals surface area contributed by atoms with E-state index in [1.807, 2.05) is 24.5 Å².